The van der Waals surface area contributed by atoms with Gasteiger partial charge in [0.05, 0.1) is 0 Å². The van der Waals surface area contributed by atoms with Crippen molar-refractivity contribution in [3.05, 3.63) is 22.9 Å². The summed E-state index contributed by atoms with van der Waals surface area (Å²) in [5, 5.41) is 0. The number of nitrogens with zero attached hydrogens (tertiary/aromatic N) is 1. The molecule has 3 rings (SSSR count). The number of aryl methyl sites for hydroxylation is 2. The molecule has 0 bridgehead atoms. The van der Waals surface area contributed by atoms with Gasteiger partial charge in [-0.2, -0.15) is 0 Å². The molecule has 0 aliphatic heterocycles. The van der Waals surface area contributed by atoms with E-state index in [0.29, 0.717) is 12.6 Å². The van der Waals surface area contributed by atoms with Gasteiger partial charge < -0.3 is 10.5 Å². The predicted molar refractivity (Wildman–Crippen MR) is 85.4 cm³/mol. The van der Waals surface area contributed by atoms with Crippen molar-refractivity contribution >= 4 is 0 Å². The Bertz CT molecular complexity index is 500. The summed E-state index contributed by atoms with van der Waals surface area (Å²) in [6.45, 7) is 5.21. The Morgan fingerprint density at radius 1 is 1.19 bits per heavy atom. The Balaban J connectivity index is 1.78. The van der Waals surface area contributed by atoms with Crippen LogP contribution in [-0.4, -0.2) is 11.1 Å². The molecule has 1 aromatic heterocycles. The van der Waals surface area contributed by atoms with Crippen LogP contribution in [0, 0.1) is 11.8 Å². The highest BCUT2D eigenvalue weighted by Crippen LogP contribution is 2.33. The van der Waals surface area contributed by atoms with Gasteiger partial charge in [-0.3, -0.25) is 0 Å². The second-order valence-electron chi connectivity index (χ2n) is 6.98. The fourth-order valence-corrected chi connectivity index (χ4v) is 3.67. The molecule has 0 radical (unpaired) electrons. The van der Waals surface area contributed by atoms with Crippen molar-refractivity contribution in [2.75, 3.05) is 0 Å². The Kier molecular flexibility index (Phi) is 4.48. The fraction of sp³-hybridized carbons (Fsp3) is 0.722. The topological polar surface area (TPSA) is 48.1 Å². The number of aromatic nitrogens is 1. The minimum Gasteiger partial charge on any atom is -0.474 e. The highest BCUT2D eigenvalue weighted by molar-refractivity contribution is 5.36. The van der Waals surface area contributed by atoms with Gasteiger partial charge >= 0.3 is 0 Å². The standard InChI is InChI=1S/C18H28N2O/c1-12-7-8-16(9-13(12)2)21-18-15(11-19)10-14-5-3-4-6-17(14)20-18/h10,12-13,16H,3-9,11,19H2,1-2H3. The zero-order chi connectivity index (χ0) is 14.8. The summed E-state index contributed by atoms with van der Waals surface area (Å²) in [5.41, 5.74) is 9.63. The van der Waals surface area contributed by atoms with Gasteiger partial charge in [0, 0.05) is 17.8 Å². The third-order valence-electron chi connectivity index (χ3n) is 5.39. The van der Waals surface area contributed by atoms with Crippen molar-refractivity contribution in [1.82, 2.24) is 4.98 Å². The summed E-state index contributed by atoms with van der Waals surface area (Å²) in [7, 11) is 0. The van der Waals surface area contributed by atoms with E-state index in [9.17, 15) is 0 Å². The van der Waals surface area contributed by atoms with Gasteiger partial charge in [-0.25, -0.2) is 4.98 Å². The Morgan fingerprint density at radius 3 is 2.76 bits per heavy atom. The summed E-state index contributed by atoms with van der Waals surface area (Å²) < 4.78 is 6.27. The third-order valence-corrected chi connectivity index (χ3v) is 5.39. The Hall–Kier alpha value is -1.09. The molecule has 0 saturated heterocycles. The molecule has 1 heterocycles. The molecule has 1 saturated carbocycles. The van der Waals surface area contributed by atoms with E-state index in [1.165, 1.54) is 30.5 Å². The zero-order valence-corrected chi connectivity index (χ0v) is 13.4. The van der Waals surface area contributed by atoms with Gasteiger partial charge in [0.25, 0.3) is 0 Å². The quantitative estimate of drug-likeness (QED) is 0.924. The van der Waals surface area contributed by atoms with Crippen LogP contribution in [0.15, 0.2) is 6.07 Å². The van der Waals surface area contributed by atoms with Crippen LogP contribution in [0.3, 0.4) is 0 Å². The number of hydrogen-bond acceptors (Lipinski definition) is 3. The molecule has 2 N–H and O–H groups in total. The van der Waals surface area contributed by atoms with Crippen LogP contribution < -0.4 is 10.5 Å². The SMILES string of the molecule is CC1CCC(Oc2nc3c(cc2CN)CCCC3)CC1C. The first kappa shape index (κ1) is 14.8. The maximum atomic E-state index is 6.27. The first-order chi connectivity index (χ1) is 10.2. The van der Waals surface area contributed by atoms with Crippen molar-refractivity contribution in [3.63, 3.8) is 0 Å². The molecule has 3 nitrogen and oxygen atoms in total. The lowest BCUT2D eigenvalue weighted by Gasteiger charge is -2.32. The summed E-state index contributed by atoms with van der Waals surface area (Å²) >= 11 is 0. The largest absolute Gasteiger partial charge is 0.474 e. The van der Waals surface area contributed by atoms with Gasteiger partial charge in [-0.05, 0) is 68.4 Å². The summed E-state index contributed by atoms with van der Waals surface area (Å²) in [5.74, 6) is 2.36. The zero-order valence-electron chi connectivity index (χ0n) is 13.4. The van der Waals surface area contributed by atoms with Crippen molar-refractivity contribution in [3.8, 4) is 5.88 Å². The first-order valence-corrected chi connectivity index (χ1v) is 8.55. The molecule has 0 amide bonds. The second kappa shape index (κ2) is 6.35. The third kappa shape index (κ3) is 3.23. The van der Waals surface area contributed by atoms with Gasteiger partial charge in [0.2, 0.25) is 5.88 Å². The molecule has 1 fully saturated rings. The number of ether oxygens (including phenoxy) is 1. The minimum atomic E-state index is 0.315. The van der Waals surface area contributed by atoms with E-state index in [4.69, 9.17) is 15.5 Å². The van der Waals surface area contributed by atoms with Crippen molar-refractivity contribution in [2.24, 2.45) is 17.6 Å². The van der Waals surface area contributed by atoms with E-state index in [2.05, 4.69) is 19.9 Å². The number of nitrogens with two attached hydrogens (primary N) is 1. The molecule has 3 atom stereocenters. The van der Waals surface area contributed by atoms with Gasteiger partial charge in [-0.15, -0.1) is 0 Å². The average Bonchev–Trinajstić information content (AvgIpc) is 2.50. The summed E-state index contributed by atoms with van der Waals surface area (Å²) in [4.78, 5) is 4.82. The molecule has 3 heteroatoms. The highest BCUT2D eigenvalue weighted by atomic mass is 16.5. The monoisotopic (exact) mass is 288 g/mol. The number of rotatable bonds is 3. The first-order valence-electron chi connectivity index (χ1n) is 8.55. The van der Waals surface area contributed by atoms with Gasteiger partial charge in [0.15, 0.2) is 0 Å². The van der Waals surface area contributed by atoms with E-state index in [-0.39, 0.29) is 0 Å². The normalized spacial score (nSPS) is 29.0. The number of pyridine rings is 1. The molecular weight excluding hydrogens is 260 g/mol. The summed E-state index contributed by atoms with van der Waals surface area (Å²) in [6, 6.07) is 2.24. The lowest BCUT2D eigenvalue weighted by atomic mass is 9.80. The van der Waals surface area contributed by atoms with E-state index >= 15 is 0 Å². The lowest BCUT2D eigenvalue weighted by Crippen LogP contribution is -2.29. The van der Waals surface area contributed by atoms with Crippen molar-refractivity contribution in [1.29, 1.82) is 0 Å². The molecule has 0 aromatic carbocycles. The Labute approximate surface area is 128 Å². The van der Waals surface area contributed by atoms with Crippen LogP contribution in [0.4, 0.5) is 0 Å². The van der Waals surface area contributed by atoms with Crippen LogP contribution in [0.5, 0.6) is 5.88 Å². The average molecular weight is 288 g/mol. The van der Waals surface area contributed by atoms with Gasteiger partial charge in [0.1, 0.15) is 6.10 Å². The van der Waals surface area contributed by atoms with Crippen LogP contribution in [-0.2, 0) is 19.4 Å². The molecule has 3 unspecified atom stereocenters. The Morgan fingerprint density at radius 2 is 2.00 bits per heavy atom. The van der Waals surface area contributed by atoms with Gasteiger partial charge in [-0.1, -0.05) is 13.8 Å². The molecule has 2 aliphatic carbocycles. The van der Waals surface area contributed by atoms with Crippen LogP contribution in [0.1, 0.15) is 62.8 Å². The summed E-state index contributed by atoms with van der Waals surface area (Å²) in [6.07, 6.45) is 8.63. The van der Waals surface area contributed by atoms with Crippen molar-refractivity contribution in [2.45, 2.75) is 71.4 Å². The van der Waals surface area contributed by atoms with Crippen LogP contribution in [0.2, 0.25) is 0 Å². The minimum absolute atomic E-state index is 0.315. The van der Waals surface area contributed by atoms with E-state index in [1.54, 1.807) is 0 Å². The maximum absolute atomic E-state index is 6.27. The number of fused-ring (bicyclic) bond motifs is 1. The molecule has 2 aliphatic rings. The number of hydrogen-bond donors (Lipinski definition) is 1. The van der Waals surface area contributed by atoms with E-state index < -0.39 is 0 Å². The highest BCUT2D eigenvalue weighted by Gasteiger charge is 2.27. The molecule has 116 valence electrons. The van der Waals surface area contributed by atoms with E-state index in [1.807, 2.05) is 0 Å². The molecular formula is C18H28N2O. The molecule has 21 heavy (non-hydrogen) atoms. The van der Waals surface area contributed by atoms with Crippen molar-refractivity contribution < 1.29 is 4.74 Å². The fourth-order valence-electron chi connectivity index (χ4n) is 3.67. The maximum Gasteiger partial charge on any atom is 0.218 e. The van der Waals surface area contributed by atoms with Crippen LogP contribution >= 0.6 is 0 Å². The molecule has 1 aromatic rings. The van der Waals surface area contributed by atoms with E-state index in [0.717, 1.165) is 49.0 Å². The predicted octanol–water partition coefficient (Wildman–Crippen LogP) is 3.62. The second-order valence-corrected chi connectivity index (χ2v) is 6.98. The van der Waals surface area contributed by atoms with Crippen LogP contribution in [0.25, 0.3) is 0 Å². The molecule has 0 spiro atoms. The lowest BCUT2D eigenvalue weighted by molar-refractivity contribution is 0.0952. The smallest absolute Gasteiger partial charge is 0.218 e.